The third kappa shape index (κ3) is 3.55. The fourth-order valence-corrected chi connectivity index (χ4v) is 2.42. The Morgan fingerprint density at radius 1 is 1.41 bits per heavy atom. The van der Waals surface area contributed by atoms with Gasteiger partial charge in [-0.05, 0) is 54.4 Å². The quantitative estimate of drug-likeness (QED) is 0.887. The number of nitrogens with zero attached hydrogens (tertiary/aromatic N) is 2. The number of rotatable bonds is 4. The summed E-state index contributed by atoms with van der Waals surface area (Å²) in [4.78, 5) is 12.2. The van der Waals surface area contributed by atoms with Gasteiger partial charge in [0.05, 0.1) is 22.6 Å². The van der Waals surface area contributed by atoms with Crippen molar-refractivity contribution in [1.29, 1.82) is 0 Å². The van der Waals surface area contributed by atoms with Crippen LogP contribution in [-0.2, 0) is 11.3 Å². The molecule has 0 radical (unpaired) electrons. The molecule has 0 saturated heterocycles. The topological polar surface area (TPSA) is 46.9 Å². The number of carbonyl (C=O) groups is 1. The number of nitrogens with one attached hydrogen (secondary N) is 1. The van der Waals surface area contributed by atoms with E-state index in [9.17, 15) is 9.18 Å². The van der Waals surface area contributed by atoms with E-state index in [1.54, 1.807) is 23.7 Å². The van der Waals surface area contributed by atoms with Crippen molar-refractivity contribution >= 4 is 27.5 Å². The molecule has 1 atom stereocenters. The van der Waals surface area contributed by atoms with Crippen molar-refractivity contribution in [2.24, 2.45) is 5.92 Å². The van der Waals surface area contributed by atoms with E-state index in [-0.39, 0.29) is 17.6 Å². The minimum atomic E-state index is -0.326. The number of hydrogen-bond donors (Lipinski definition) is 1. The highest BCUT2D eigenvalue weighted by molar-refractivity contribution is 9.10. The smallest absolute Gasteiger partial charge is 0.229 e. The Morgan fingerprint density at radius 3 is 2.64 bits per heavy atom. The van der Waals surface area contributed by atoms with Crippen molar-refractivity contribution in [2.45, 2.75) is 34.2 Å². The van der Waals surface area contributed by atoms with Gasteiger partial charge in [-0.25, -0.2) is 4.39 Å². The fraction of sp³-hybridized carbons (Fsp3) is 0.375. The summed E-state index contributed by atoms with van der Waals surface area (Å²) < 4.78 is 16.3. The number of anilines is 1. The van der Waals surface area contributed by atoms with Crippen LogP contribution in [0.15, 0.2) is 22.7 Å². The molecule has 0 fully saturated rings. The first kappa shape index (κ1) is 16.7. The van der Waals surface area contributed by atoms with Crippen LogP contribution >= 0.6 is 15.9 Å². The van der Waals surface area contributed by atoms with Gasteiger partial charge < -0.3 is 5.32 Å². The average Bonchev–Trinajstić information content (AvgIpc) is 2.70. The van der Waals surface area contributed by atoms with Crippen LogP contribution in [0.3, 0.4) is 0 Å². The summed E-state index contributed by atoms with van der Waals surface area (Å²) in [6.45, 7) is 7.84. The van der Waals surface area contributed by atoms with Crippen molar-refractivity contribution in [2.75, 3.05) is 5.32 Å². The van der Waals surface area contributed by atoms with Crippen molar-refractivity contribution in [3.63, 3.8) is 0 Å². The summed E-state index contributed by atoms with van der Waals surface area (Å²) in [6, 6.07) is 4.68. The minimum Gasteiger partial charge on any atom is -0.326 e. The molecular formula is C16H19BrFN3O. The molecule has 0 aliphatic heterocycles. The van der Waals surface area contributed by atoms with Gasteiger partial charge in [0, 0.05) is 11.4 Å². The van der Waals surface area contributed by atoms with E-state index in [0.717, 1.165) is 15.9 Å². The molecule has 1 N–H and O–H groups in total. The third-order valence-corrected chi connectivity index (χ3v) is 4.77. The van der Waals surface area contributed by atoms with Gasteiger partial charge in [-0.15, -0.1) is 0 Å². The summed E-state index contributed by atoms with van der Waals surface area (Å²) >= 11 is 3.47. The van der Waals surface area contributed by atoms with Gasteiger partial charge in [0.25, 0.3) is 0 Å². The molecule has 118 valence electrons. The lowest BCUT2D eigenvalue weighted by molar-refractivity contribution is -0.119. The van der Waals surface area contributed by atoms with Crippen LogP contribution in [0.5, 0.6) is 0 Å². The zero-order valence-electron chi connectivity index (χ0n) is 13.1. The van der Waals surface area contributed by atoms with Gasteiger partial charge in [-0.1, -0.05) is 13.0 Å². The highest BCUT2D eigenvalue weighted by atomic mass is 79.9. The maximum atomic E-state index is 13.5. The van der Waals surface area contributed by atoms with Crippen molar-refractivity contribution in [3.05, 3.63) is 45.4 Å². The van der Waals surface area contributed by atoms with Crippen LogP contribution in [0.2, 0.25) is 0 Å². The largest absolute Gasteiger partial charge is 0.326 e. The standard InChI is InChI=1S/C16H19BrFN3O/c1-9-5-6-13(7-14(9)18)19-16(22)10(2)8-21-12(4)15(17)11(3)20-21/h5-7,10H,8H2,1-4H3,(H,19,22)/t10-/m0/s1. The summed E-state index contributed by atoms with van der Waals surface area (Å²) in [5.41, 5.74) is 2.90. The molecule has 2 rings (SSSR count). The number of benzene rings is 1. The van der Waals surface area contributed by atoms with E-state index in [0.29, 0.717) is 17.8 Å². The van der Waals surface area contributed by atoms with Crippen LogP contribution in [0.1, 0.15) is 23.9 Å². The normalized spacial score (nSPS) is 12.3. The van der Waals surface area contributed by atoms with Gasteiger partial charge in [-0.2, -0.15) is 5.10 Å². The molecule has 0 aliphatic carbocycles. The van der Waals surface area contributed by atoms with E-state index in [1.165, 1.54) is 6.07 Å². The first-order chi connectivity index (χ1) is 10.3. The Balaban J connectivity index is 2.05. The van der Waals surface area contributed by atoms with Crippen LogP contribution in [0.25, 0.3) is 0 Å². The third-order valence-electron chi connectivity index (χ3n) is 3.63. The van der Waals surface area contributed by atoms with Crippen LogP contribution in [-0.4, -0.2) is 15.7 Å². The number of amides is 1. The Hall–Kier alpha value is -1.69. The zero-order chi connectivity index (χ0) is 16.4. The van der Waals surface area contributed by atoms with Crippen molar-refractivity contribution < 1.29 is 9.18 Å². The molecule has 6 heteroatoms. The van der Waals surface area contributed by atoms with Crippen LogP contribution in [0.4, 0.5) is 10.1 Å². The molecule has 0 unspecified atom stereocenters. The molecule has 0 saturated carbocycles. The van der Waals surface area contributed by atoms with Gasteiger partial charge >= 0.3 is 0 Å². The fourth-order valence-electron chi connectivity index (χ4n) is 2.13. The average molecular weight is 368 g/mol. The van der Waals surface area contributed by atoms with Crippen molar-refractivity contribution in [3.8, 4) is 0 Å². The van der Waals surface area contributed by atoms with E-state index in [4.69, 9.17) is 0 Å². The number of aromatic nitrogens is 2. The van der Waals surface area contributed by atoms with Crippen LogP contribution in [0, 0.1) is 32.5 Å². The van der Waals surface area contributed by atoms with E-state index >= 15 is 0 Å². The lowest BCUT2D eigenvalue weighted by Gasteiger charge is -2.14. The highest BCUT2D eigenvalue weighted by Gasteiger charge is 2.17. The summed E-state index contributed by atoms with van der Waals surface area (Å²) in [5.74, 6) is -0.769. The first-order valence-corrected chi connectivity index (χ1v) is 7.85. The Bertz CT molecular complexity index is 712. The minimum absolute atomic E-state index is 0.160. The van der Waals surface area contributed by atoms with Crippen LogP contribution < -0.4 is 5.32 Å². The van der Waals surface area contributed by atoms with Gasteiger partial charge in [0.2, 0.25) is 5.91 Å². The second-order valence-electron chi connectivity index (χ2n) is 5.52. The number of hydrogen-bond acceptors (Lipinski definition) is 2. The number of carbonyl (C=O) groups excluding carboxylic acids is 1. The molecule has 0 bridgehead atoms. The Kier molecular flexibility index (Phi) is 5.01. The van der Waals surface area contributed by atoms with Gasteiger partial charge in [0.1, 0.15) is 5.82 Å². The molecule has 1 aromatic carbocycles. The molecule has 1 heterocycles. The Labute approximate surface area is 137 Å². The number of aryl methyl sites for hydroxylation is 2. The lowest BCUT2D eigenvalue weighted by Crippen LogP contribution is -2.25. The van der Waals surface area contributed by atoms with E-state index < -0.39 is 0 Å². The lowest BCUT2D eigenvalue weighted by atomic mass is 10.1. The molecule has 1 amide bonds. The Morgan fingerprint density at radius 2 is 2.09 bits per heavy atom. The molecule has 2 aromatic rings. The molecule has 22 heavy (non-hydrogen) atoms. The monoisotopic (exact) mass is 367 g/mol. The van der Waals surface area contributed by atoms with E-state index in [2.05, 4.69) is 26.3 Å². The summed E-state index contributed by atoms with van der Waals surface area (Å²) in [6.07, 6.45) is 0. The van der Waals surface area contributed by atoms with E-state index in [1.807, 2.05) is 20.8 Å². The number of halogens is 2. The SMILES string of the molecule is Cc1ccc(NC(=O)[C@@H](C)Cn2nc(C)c(Br)c2C)cc1F. The summed E-state index contributed by atoms with van der Waals surface area (Å²) in [7, 11) is 0. The van der Waals surface area contributed by atoms with Gasteiger partial charge in [0.15, 0.2) is 0 Å². The molecule has 0 spiro atoms. The maximum absolute atomic E-state index is 13.5. The highest BCUT2D eigenvalue weighted by Crippen LogP contribution is 2.21. The zero-order valence-corrected chi connectivity index (χ0v) is 14.7. The second-order valence-corrected chi connectivity index (χ2v) is 6.31. The molecule has 1 aromatic heterocycles. The first-order valence-electron chi connectivity index (χ1n) is 7.06. The second kappa shape index (κ2) is 6.60. The van der Waals surface area contributed by atoms with Gasteiger partial charge in [-0.3, -0.25) is 9.48 Å². The van der Waals surface area contributed by atoms with Crippen molar-refractivity contribution in [1.82, 2.24) is 9.78 Å². The predicted octanol–water partition coefficient (Wildman–Crippen LogP) is 3.98. The molecule has 4 nitrogen and oxygen atoms in total. The maximum Gasteiger partial charge on any atom is 0.229 e. The summed E-state index contributed by atoms with van der Waals surface area (Å²) in [5, 5.41) is 7.13. The molecule has 0 aliphatic rings. The molecular weight excluding hydrogens is 349 g/mol. The predicted molar refractivity (Wildman–Crippen MR) is 88.3 cm³/mol.